The maximum atomic E-state index is 12.2. The van der Waals surface area contributed by atoms with Crippen molar-refractivity contribution in [1.29, 1.82) is 0 Å². The van der Waals surface area contributed by atoms with Crippen LogP contribution in [-0.4, -0.2) is 64.9 Å². The van der Waals surface area contributed by atoms with Crippen LogP contribution < -0.4 is 5.32 Å². The first-order valence-corrected chi connectivity index (χ1v) is 18.1. The van der Waals surface area contributed by atoms with E-state index < -0.39 is 57.6 Å². The maximum Gasteiger partial charge on any atom is 0.472 e. The standard InChI is InChI=1S/C34H58NO10P/c1-3-4-5-6-7-8-9-10-11-12-13-14-15-16-17-18-19-20-21-22-23-24-25-26-33(38)35-32(34(39)40)29-45-46(41,42)44-28-31(37)27-43-30(2)36/h7-8,10-11,13-14,16-17,31-32,37H,3-6,9,12,15,18-29H2,1-2H3,(H,35,38)(H,39,40)(H,41,42)/b8-7-,11-10-,14-13-,17-16-. The van der Waals surface area contributed by atoms with Gasteiger partial charge in [0.1, 0.15) is 12.7 Å². The highest BCUT2D eigenvalue weighted by atomic mass is 31.2. The molecule has 0 rings (SSSR count). The quantitative estimate of drug-likeness (QED) is 0.0267. The van der Waals surface area contributed by atoms with E-state index in [-0.39, 0.29) is 6.42 Å². The van der Waals surface area contributed by atoms with E-state index in [1.54, 1.807) is 0 Å². The lowest BCUT2D eigenvalue weighted by molar-refractivity contribution is -0.144. The van der Waals surface area contributed by atoms with Gasteiger partial charge in [-0.1, -0.05) is 100 Å². The molecule has 1 amide bonds. The average Bonchev–Trinajstić information content (AvgIpc) is 3.01. The first kappa shape index (κ1) is 43.4. The van der Waals surface area contributed by atoms with Crippen LogP contribution >= 0.6 is 7.82 Å². The molecule has 3 atom stereocenters. The summed E-state index contributed by atoms with van der Waals surface area (Å²) in [5, 5.41) is 21.2. The van der Waals surface area contributed by atoms with Crippen molar-refractivity contribution in [3.8, 4) is 0 Å². The lowest BCUT2D eigenvalue weighted by Crippen LogP contribution is -2.43. The summed E-state index contributed by atoms with van der Waals surface area (Å²) in [4.78, 5) is 44.0. The van der Waals surface area contributed by atoms with Gasteiger partial charge in [0.05, 0.1) is 13.2 Å². The van der Waals surface area contributed by atoms with Gasteiger partial charge in [0, 0.05) is 13.3 Å². The third-order valence-corrected chi connectivity index (χ3v) is 7.63. The molecule has 12 heteroatoms. The summed E-state index contributed by atoms with van der Waals surface area (Å²) in [5.41, 5.74) is 0. The minimum atomic E-state index is -4.72. The number of rotatable bonds is 30. The normalized spacial score (nSPS) is 14.7. The Labute approximate surface area is 275 Å². The van der Waals surface area contributed by atoms with Gasteiger partial charge in [-0.2, -0.15) is 0 Å². The second-order valence-corrected chi connectivity index (χ2v) is 12.5. The number of hydrogen-bond donors (Lipinski definition) is 4. The summed E-state index contributed by atoms with van der Waals surface area (Å²) < 4.78 is 25.7. The van der Waals surface area contributed by atoms with Crippen LogP contribution in [0.1, 0.15) is 117 Å². The van der Waals surface area contributed by atoms with Crippen molar-refractivity contribution < 1.29 is 47.8 Å². The molecule has 0 aromatic carbocycles. The summed E-state index contributed by atoms with van der Waals surface area (Å²) in [7, 11) is -4.72. The number of allylic oxidation sites excluding steroid dienone is 8. The number of carboxylic acid groups (broad SMARTS) is 1. The second kappa shape index (κ2) is 29.8. The molecule has 0 spiro atoms. The number of amides is 1. The van der Waals surface area contributed by atoms with Gasteiger partial charge in [0.15, 0.2) is 6.04 Å². The number of ether oxygens (including phenoxy) is 1. The zero-order chi connectivity index (χ0) is 34.3. The number of carbonyl (C=O) groups excluding carboxylic acids is 2. The minimum absolute atomic E-state index is 0.130. The molecule has 4 N–H and O–H groups in total. The summed E-state index contributed by atoms with van der Waals surface area (Å²) in [5.74, 6) is -2.58. The second-order valence-electron chi connectivity index (χ2n) is 11.1. The van der Waals surface area contributed by atoms with Crippen LogP contribution in [0.4, 0.5) is 0 Å². The SMILES string of the molecule is CCCCC/C=C\C/C=C\C/C=C\C/C=C\CCCCCCCCCC(=O)NC(COP(=O)(O)OCC(O)COC(C)=O)C(=O)O. The summed E-state index contributed by atoms with van der Waals surface area (Å²) in [6.07, 6.45) is 32.6. The van der Waals surface area contributed by atoms with Crippen molar-refractivity contribution in [2.24, 2.45) is 0 Å². The molecule has 0 aliphatic heterocycles. The average molecular weight is 672 g/mol. The Morgan fingerprint density at radius 2 is 1.20 bits per heavy atom. The van der Waals surface area contributed by atoms with Crippen LogP contribution in [0.5, 0.6) is 0 Å². The van der Waals surface area contributed by atoms with Crippen LogP contribution in [0.25, 0.3) is 0 Å². The molecule has 11 nitrogen and oxygen atoms in total. The molecule has 46 heavy (non-hydrogen) atoms. The number of aliphatic hydroxyl groups is 1. The molecule has 3 unspecified atom stereocenters. The highest BCUT2D eigenvalue weighted by Gasteiger charge is 2.28. The van der Waals surface area contributed by atoms with Gasteiger partial charge in [-0.3, -0.25) is 18.6 Å². The van der Waals surface area contributed by atoms with E-state index in [0.717, 1.165) is 71.1 Å². The number of phosphoric acid groups is 1. The molecular weight excluding hydrogens is 613 g/mol. The number of aliphatic carboxylic acids is 1. The number of phosphoric ester groups is 1. The molecule has 264 valence electrons. The number of esters is 1. The predicted molar refractivity (Wildman–Crippen MR) is 180 cm³/mol. The van der Waals surface area contributed by atoms with Gasteiger partial charge in [-0.25, -0.2) is 9.36 Å². The van der Waals surface area contributed by atoms with E-state index in [0.29, 0.717) is 6.42 Å². The molecule has 0 saturated carbocycles. The van der Waals surface area contributed by atoms with Crippen molar-refractivity contribution >= 4 is 25.7 Å². The highest BCUT2D eigenvalue weighted by molar-refractivity contribution is 7.47. The molecule has 0 aromatic rings. The monoisotopic (exact) mass is 671 g/mol. The van der Waals surface area contributed by atoms with Crippen LogP contribution in [0, 0.1) is 0 Å². The van der Waals surface area contributed by atoms with Crippen LogP contribution in [0.3, 0.4) is 0 Å². The molecule has 0 fully saturated rings. The van der Waals surface area contributed by atoms with Gasteiger partial charge in [-0.15, -0.1) is 0 Å². The number of hydrogen-bond acceptors (Lipinski definition) is 8. The van der Waals surface area contributed by atoms with E-state index in [1.165, 1.54) is 25.7 Å². The minimum Gasteiger partial charge on any atom is -0.480 e. The number of carbonyl (C=O) groups is 3. The van der Waals surface area contributed by atoms with Crippen molar-refractivity contribution in [2.75, 3.05) is 19.8 Å². The van der Waals surface area contributed by atoms with Crippen molar-refractivity contribution in [3.05, 3.63) is 48.6 Å². The summed E-state index contributed by atoms with van der Waals surface area (Å²) in [6.45, 7) is 1.41. The molecule has 0 radical (unpaired) electrons. The smallest absolute Gasteiger partial charge is 0.472 e. The van der Waals surface area contributed by atoms with Gasteiger partial charge in [0.2, 0.25) is 5.91 Å². The predicted octanol–water partition coefficient (Wildman–Crippen LogP) is 7.10. The van der Waals surface area contributed by atoms with Gasteiger partial charge in [-0.05, 0) is 51.4 Å². The molecule has 0 bridgehead atoms. The van der Waals surface area contributed by atoms with E-state index in [4.69, 9.17) is 0 Å². The Morgan fingerprint density at radius 3 is 1.72 bits per heavy atom. The van der Waals surface area contributed by atoms with E-state index in [2.05, 4.69) is 74.6 Å². The van der Waals surface area contributed by atoms with Gasteiger partial charge in [0.25, 0.3) is 0 Å². The number of unbranched alkanes of at least 4 members (excludes halogenated alkanes) is 10. The van der Waals surface area contributed by atoms with Crippen LogP contribution in [0.15, 0.2) is 48.6 Å². The highest BCUT2D eigenvalue weighted by Crippen LogP contribution is 2.43. The van der Waals surface area contributed by atoms with E-state index >= 15 is 0 Å². The van der Waals surface area contributed by atoms with Crippen molar-refractivity contribution in [3.63, 3.8) is 0 Å². The Balaban J connectivity index is 3.84. The Hall–Kier alpha value is -2.56. The lowest BCUT2D eigenvalue weighted by Gasteiger charge is -2.18. The lowest BCUT2D eigenvalue weighted by atomic mass is 10.1. The van der Waals surface area contributed by atoms with E-state index in [9.17, 15) is 34.1 Å². The van der Waals surface area contributed by atoms with Crippen LogP contribution in [-0.2, 0) is 32.7 Å². The fourth-order valence-electron chi connectivity index (χ4n) is 4.08. The maximum absolute atomic E-state index is 12.2. The number of carboxylic acids is 1. The zero-order valence-electron chi connectivity index (χ0n) is 27.9. The topological polar surface area (TPSA) is 169 Å². The first-order chi connectivity index (χ1) is 22.1. The third-order valence-electron chi connectivity index (χ3n) is 6.68. The number of aliphatic hydroxyl groups excluding tert-OH is 1. The van der Waals surface area contributed by atoms with Crippen molar-refractivity contribution in [1.82, 2.24) is 5.32 Å². The Kier molecular flexibility index (Phi) is 28.2. The molecule has 0 heterocycles. The van der Waals surface area contributed by atoms with Crippen LogP contribution in [0.2, 0.25) is 0 Å². The summed E-state index contributed by atoms with van der Waals surface area (Å²) >= 11 is 0. The third kappa shape index (κ3) is 30.1. The summed E-state index contributed by atoms with van der Waals surface area (Å²) in [6, 6.07) is -1.55. The van der Waals surface area contributed by atoms with Gasteiger partial charge < -0.3 is 25.2 Å². The molecule has 0 aliphatic rings. The zero-order valence-corrected chi connectivity index (χ0v) is 28.7. The molecule has 0 saturated heterocycles. The fraction of sp³-hybridized carbons (Fsp3) is 0.676. The first-order valence-electron chi connectivity index (χ1n) is 16.6. The van der Waals surface area contributed by atoms with E-state index in [1.807, 2.05) is 0 Å². The van der Waals surface area contributed by atoms with Gasteiger partial charge >= 0.3 is 19.8 Å². The number of nitrogens with one attached hydrogen (secondary N) is 1. The largest absolute Gasteiger partial charge is 0.480 e. The molecule has 0 aromatic heterocycles. The Morgan fingerprint density at radius 1 is 0.717 bits per heavy atom. The molecular formula is C34H58NO10P. The van der Waals surface area contributed by atoms with Crippen molar-refractivity contribution in [2.45, 2.75) is 129 Å². The fourth-order valence-corrected chi connectivity index (χ4v) is 4.85. The molecule has 0 aliphatic carbocycles. The Bertz CT molecular complexity index is 979.